The van der Waals surface area contributed by atoms with E-state index in [2.05, 4.69) is 46.6 Å². The Morgan fingerprint density at radius 2 is 1.95 bits per heavy atom. The molecule has 2 rings (SSSR count). The fourth-order valence-corrected chi connectivity index (χ4v) is 2.84. The molecule has 0 spiro atoms. The van der Waals surface area contributed by atoms with Crippen LogP contribution in [0, 0.1) is 6.92 Å². The highest BCUT2D eigenvalue weighted by Gasteiger charge is 2.40. The number of fused-ring (bicyclic) bond motifs is 1. The molecule has 4 heteroatoms. The monoisotopic (exact) mass is 291 g/mol. The van der Waals surface area contributed by atoms with Crippen molar-refractivity contribution in [3.05, 3.63) is 22.8 Å². The van der Waals surface area contributed by atoms with Gasteiger partial charge in [-0.2, -0.15) is 0 Å². The van der Waals surface area contributed by atoms with Crippen LogP contribution in [0.15, 0.2) is 0 Å². The van der Waals surface area contributed by atoms with Crippen LogP contribution in [0.5, 0.6) is 0 Å². The summed E-state index contributed by atoms with van der Waals surface area (Å²) >= 11 is 0. The van der Waals surface area contributed by atoms with Crippen LogP contribution in [0.1, 0.15) is 63.8 Å². The average molecular weight is 291 g/mol. The van der Waals surface area contributed by atoms with E-state index >= 15 is 0 Å². The van der Waals surface area contributed by atoms with E-state index in [9.17, 15) is 0 Å². The molecule has 1 aliphatic heterocycles. The fraction of sp³-hybridized carbons (Fsp3) is 0.765. The Morgan fingerprint density at radius 1 is 1.29 bits per heavy atom. The van der Waals surface area contributed by atoms with Gasteiger partial charge in [0.15, 0.2) is 0 Å². The Morgan fingerprint density at radius 3 is 2.52 bits per heavy atom. The molecule has 1 aromatic rings. The van der Waals surface area contributed by atoms with E-state index in [1.165, 1.54) is 5.56 Å². The van der Waals surface area contributed by atoms with Crippen LogP contribution >= 0.6 is 0 Å². The van der Waals surface area contributed by atoms with E-state index in [1.54, 1.807) is 0 Å². The summed E-state index contributed by atoms with van der Waals surface area (Å²) in [6.45, 7) is 15.6. The van der Waals surface area contributed by atoms with Crippen LogP contribution in [0.3, 0.4) is 0 Å². The number of rotatable bonds is 4. The number of ether oxygens (including phenoxy) is 1. The van der Waals surface area contributed by atoms with Gasteiger partial charge in [0.25, 0.3) is 0 Å². The summed E-state index contributed by atoms with van der Waals surface area (Å²) in [5.41, 5.74) is 3.18. The van der Waals surface area contributed by atoms with Crippen molar-refractivity contribution >= 4 is 0 Å². The molecule has 0 saturated carbocycles. The van der Waals surface area contributed by atoms with E-state index in [1.807, 2.05) is 6.92 Å². The average Bonchev–Trinajstić information content (AvgIpc) is 2.72. The van der Waals surface area contributed by atoms with Gasteiger partial charge in [-0.25, -0.2) is 9.97 Å². The first-order valence-electron chi connectivity index (χ1n) is 7.88. The maximum atomic E-state index is 6.17. The third kappa shape index (κ3) is 3.27. The number of hydrogen-bond acceptors (Lipinski definition) is 4. The lowest BCUT2D eigenvalue weighted by Gasteiger charge is -2.27. The van der Waals surface area contributed by atoms with E-state index < -0.39 is 0 Å². The third-order valence-corrected chi connectivity index (χ3v) is 4.38. The lowest BCUT2D eigenvalue weighted by Crippen LogP contribution is -2.30. The van der Waals surface area contributed by atoms with Crippen molar-refractivity contribution in [3.63, 3.8) is 0 Å². The maximum Gasteiger partial charge on any atom is 0.125 e. The molecule has 1 unspecified atom stereocenters. The molecule has 21 heavy (non-hydrogen) atoms. The molecule has 0 amide bonds. The van der Waals surface area contributed by atoms with Crippen molar-refractivity contribution in [2.24, 2.45) is 0 Å². The molecule has 0 bridgehead atoms. The summed E-state index contributed by atoms with van der Waals surface area (Å²) in [6, 6.07) is 0. The largest absolute Gasteiger partial charge is 0.364 e. The minimum atomic E-state index is -0.285. The standard InChI is InChI=1S/C17H29N3O/c1-8-20(7)10-9-17(6)15-13(11-21-17)14(16(3,4)5)18-12(2)19-15/h8-11H2,1-7H3. The van der Waals surface area contributed by atoms with Gasteiger partial charge in [-0.1, -0.05) is 27.7 Å². The predicted octanol–water partition coefficient (Wildman–Crippen LogP) is 3.17. The molecule has 0 saturated heterocycles. The SMILES string of the molecule is CCN(C)CCC1(C)OCc2c(C(C)(C)C)nc(C)nc21. The van der Waals surface area contributed by atoms with Gasteiger partial charge in [0.1, 0.15) is 11.4 Å². The minimum absolute atomic E-state index is 0.0204. The molecule has 0 aliphatic carbocycles. The predicted molar refractivity (Wildman–Crippen MR) is 85.4 cm³/mol. The molecule has 0 N–H and O–H groups in total. The molecule has 2 heterocycles. The molecule has 1 aliphatic rings. The lowest BCUT2D eigenvalue weighted by atomic mass is 9.86. The van der Waals surface area contributed by atoms with Crippen LogP contribution in [-0.4, -0.2) is 35.0 Å². The van der Waals surface area contributed by atoms with Gasteiger partial charge in [0, 0.05) is 17.5 Å². The lowest BCUT2D eigenvalue weighted by molar-refractivity contribution is -0.0362. The molecule has 0 aromatic carbocycles. The second-order valence-corrected chi connectivity index (χ2v) is 7.36. The van der Waals surface area contributed by atoms with Crippen LogP contribution < -0.4 is 0 Å². The summed E-state index contributed by atoms with van der Waals surface area (Å²) in [7, 11) is 2.14. The zero-order valence-electron chi connectivity index (χ0n) is 14.6. The van der Waals surface area contributed by atoms with Gasteiger partial charge in [0.05, 0.1) is 18.0 Å². The van der Waals surface area contributed by atoms with Crippen molar-refractivity contribution in [1.82, 2.24) is 14.9 Å². The topological polar surface area (TPSA) is 38.2 Å². The number of aromatic nitrogens is 2. The van der Waals surface area contributed by atoms with E-state index in [-0.39, 0.29) is 11.0 Å². The van der Waals surface area contributed by atoms with Gasteiger partial charge in [0.2, 0.25) is 0 Å². The van der Waals surface area contributed by atoms with Crippen LogP contribution in [0.2, 0.25) is 0 Å². The maximum absolute atomic E-state index is 6.17. The molecule has 4 nitrogen and oxygen atoms in total. The number of nitrogens with zero attached hydrogens (tertiary/aromatic N) is 3. The van der Waals surface area contributed by atoms with Crippen LogP contribution in [-0.2, 0) is 22.4 Å². The van der Waals surface area contributed by atoms with Crippen molar-refractivity contribution in [1.29, 1.82) is 0 Å². The van der Waals surface area contributed by atoms with E-state index in [0.29, 0.717) is 6.61 Å². The molecule has 118 valence electrons. The van der Waals surface area contributed by atoms with Gasteiger partial charge in [-0.05, 0) is 33.9 Å². The molecular weight excluding hydrogens is 262 g/mol. The first kappa shape index (κ1) is 16.4. The Balaban J connectivity index is 2.37. The van der Waals surface area contributed by atoms with Crippen LogP contribution in [0.4, 0.5) is 0 Å². The molecular formula is C17H29N3O. The summed E-state index contributed by atoms with van der Waals surface area (Å²) < 4.78 is 6.17. The summed E-state index contributed by atoms with van der Waals surface area (Å²) in [6.07, 6.45) is 0.963. The number of hydrogen-bond donors (Lipinski definition) is 0. The van der Waals surface area contributed by atoms with Crippen molar-refractivity contribution in [2.45, 2.75) is 65.6 Å². The third-order valence-electron chi connectivity index (χ3n) is 4.38. The molecule has 1 atom stereocenters. The highest BCUT2D eigenvalue weighted by Crippen LogP contribution is 2.41. The Kier molecular flexibility index (Phi) is 4.41. The fourth-order valence-electron chi connectivity index (χ4n) is 2.84. The van der Waals surface area contributed by atoms with Gasteiger partial charge >= 0.3 is 0 Å². The second-order valence-electron chi connectivity index (χ2n) is 7.36. The smallest absolute Gasteiger partial charge is 0.125 e. The summed E-state index contributed by atoms with van der Waals surface area (Å²) in [5, 5.41) is 0. The zero-order valence-corrected chi connectivity index (χ0v) is 14.6. The quantitative estimate of drug-likeness (QED) is 0.854. The Hall–Kier alpha value is -1.00. The zero-order chi connectivity index (χ0) is 15.8. The number of aryl methyl sites for hydroxylation is 1. The molecule has 0 fully saturated rings. The van der Waals surface area contributed by atoms with Crippen molar-refractivity contribution in [3.8, 4) is 0 Å². The van der Waals surface area contributed by atoms with Crippen molar-refractivity contribution < 1.29 is 4.74 Å². The highest BCUT2D eigenvalue weighted by molar-refractivity contribution is 5.36. The first-order valence-corrected chi connectivity index (χ1v) is 7.88. The van der Waals surface area contributed by atoms with E-state index in [4.69, 9.17) is 14.7 Å². The normalized spacial score (nSPS) is 21.9. The van der Waals surface area contributed by atoms with Crippen molar-refractivity contribution in [2.75, 3.05) is 20.1 Å². The molecule has 1 aromatic heterocycles. The second kappa shape index (κ2) is 5.65. The highest BCUT2D eigenvalue weighted by atomic mass is 16.5. The van der Waals surface area contributed by atoms with E-state index in [0.717, 1.165) is 36.7 Å². The first-order chi connectivity index (χ1) is 9.67. The van der Waals surface area contributed by atoms with Gasteiger partial charge in [-0.15, -0.1) is 0 Å². The summed E-state index contributed by atoms with van der Waals surface area (Å²) in [5.74, 6) is 0.847. The molecule has 0 radical (unpaired) electrons. The minimum Gasteiger partial charge on any atom is -0.364 e. The van der Waals surface area contributed by atoms with Crippen LogP contribution in [0.25, 0.3) is 0 Å². The summed E-state index contributed by atoms with van der Waals surface area (Å²) in [4.78, 5) is 11.7. The van der Waals surface area contributed by atoms with Gasteiger partial charge < -0.3 is 9.64 Å². The Labute approximate surface area is 128 Å². The Bertz CT molecular complexity index is 522. The van der Waals surface area contributed by atoms with Gasteiger partial charge in [-0.3, -0.25) is 0 Å².